The molecule has 5 heteroatoms. The number of hydrogen-bond donors (Lipinski definition) is 1. The molecular weight excluding hydrogens is 280 g/mol. The molecule has 1 aromatic rings. The van der Waals surface area contributed by atoms with E-state index in [9.17, 15) is 9.59 Å². The monoisotopic (exact) mass is 302 g/mol. The fourth-order valence-corrected chi connectivity index (χ4v) is 3.55. The third kappa shape index (κ3) is 2.45. The van der Waals surface area contributed by atoms with Gasteiger partial charge in [-0.2, -0.15) is 0 Å². The summed E-state index contributed by atoms with van der Waals surface area (Å²) < 4.78 is 5.12. The standard InChI is InChI=1S/C17H22N2O3/c1-17(13-5-3-4-6-13)15(20)19(16(21)18-17)11-12-7-9-14(22-2)10-8-12/h7-10,13H,3-6,11H2,1-2H3,(H,18,21). The van der Waals surface area contributed by atoms with Crippen molar-refractivity contribution < 1.29 is 14.3 Å². The van der Waals surface area contributed by atoms with E-state index in [-0.39, 0.29) is 17.9 Å². The van der Waals surface area contributed by atoms with Crippen LogP contribution in [0, 0.1) is 5.92 Å². The van der Waals surface area contributed by atoms with Crippen LogP contribution < -0.4 is 10.1 Å². The van der Waals surface area contributed by atoms with E-state index in [4.69, 9.17) is 4.74 Å². The Labute approximate surface area is 130 Å². The van der Waals surface area contributed by atoms with Crippen molar-refractivity contribution in [3.05, 3.63) is 29.8 Å². The van der Waals surface area contributed by atoms with E-state index in [0.29, 0.717) is 6.54 Å². The minimum atomic E-state index is -0.736. The number of amides is 3. The van der Waals surface area contributed by atoms with Crippen LogP contribution in [-0.4, -0.2) is 29.5 Å². The van der Waals surface area contributed by atoms with E-state index in [1.165, 1.54) is 4.90 Å². The van der Waals surface area contributed by atoms with Gasteiger partial charge in [-0.1, -0.05) is 25.0 Å². The van der Waals surface area contributed by atoms with E-state index >= 15 is 0 Å². The Balaban J connectivity index is 1.76. The quantitative estimate of drug-likeness (QED) is 0.870. The molecule has 2 aliphatic rings. The molecule has 0 radical (unpaired) electrons. The molecule has 1 unspecified atom stereocenters. The van der Waals surface area contributed by atoms with E-state index in [1.807, 2.05) is 31.2 Å². The highest BCUT2D eigenvalue weighted by molar-refractivity contribution is 6.06. The van der Waals surface area contributed by atoms with Crippen LogP contribution in [0.15, 0.2) is 24.3 Å². The van der Waals surface area contributed by atoms with Crippen molar-refractivity contribution in [3.63, 3.8) is 0 Å². The molecule has 22 heavy (non-hydrogen) atoms. The average Bonchev–Trinajstić information content (AvgIpc) is 3.13. The normalized spacial score (nSPS) is 25.6. The summed E-state index contributed by atoms with van der Waals surface area (Å²) in [6.45, 7) is 2.17. The first kappa shape index (κ1) is 14.9. The summed E-state index contributed by atoms with van der Waals surface area (Å²) in [6.07, 6.45) is 4.31. The lowest BCUT2D eigenvalue weighted by Crippen LogP contribution is -2.49. The summed E-state index contributed by atoms with van der Waals surface area (Å²) in [5, 5.41) is 2.93. The molecule has 0 aromatic heterocycles. The number of hydrogen-bond acceptors (Lipinski definition) is 3. The van der Waals surface area contributed by atoms with Gasteiger partial charge in [0.1, 0.15) is 11.3 Å². The van der Waals surface area contributed by atoms with Gasteiger partial charge in [0.05, 0.1) is 13.7 Å². The Morgan fingerprint density at radius 1 is 1.23 bits per heavy atom. The third-order valence-corrected chi connectivity index (χ3v) is 4.97. The first-order chi connectivity index (χ1) is 10.5. The lowest BCUT2D eigenvalue weighted by Gasteiger charge is -2.28. The average molecular weight is 302 g/mol. The van der Waals surface area contributed by atoms with Crippen molar-refractivity contribution in [2.45, 2.75) is 44.7 Å². The number of benzene rings is 1. The van der Waals surface area contributed by atoms with Crippen LogP contribution in [0.25, 0.3) is 0 Å². The molecule has 1 heterocycles. The molecule has 3 amide bonds. The van der Waals surface area contributed by atoms with Crippen LogP contribution in [-0.2, 0) is 11.3 Å². The molecule has 0 bridgehead atoms. The van der Waals surface area contributed by atoms with Crippen LogP contribution in [0.1, 0.15) is 38.2 Å². The van der Waals surface area contributed by atoms with Gasteiger partial charge < -0.3 is 10.1 Å². The topological polar surface area (TPSA) is 58.6 Å². The Bertz CT molecular complexity index is 578. The van der Waals surface area contributed by atoms with Crippen molar-refractivity contribution in [1.29, 1.82) is 0 Å². The van der Waals surface area contributed by atoms with E-state index in [2.05, 4.69) is 5.32 Å². The van der Waals surface area contributed by atoms with Crippen LogP contribution >= 0.6 is 0 Å². The Morgan fingerprint density at radius 2 is 1.86 bits per heavy atom. The van der Waals surface area contributed by atoms with Crippen molar-refractivity contribution in [2.24, 2.45) is 5.92 Å². The number of imide groups is 1. The maximum absolute atomic E-state index is 12.8. The molecule has 1 aliphatic carbocycles. The van der Waals surface area contributed by atoms with Gasteiger partial charge in [-0.05, 0) is 43.4 Å². The number of ether oxygens (including phenoxy) is 1. The predicted molar refractivity (Wildman–Crippen MR) is 82.4 cm³/mol. The molecule has 1 aliphatic heterocycles. The number of urea groups is 1. The zero-order chi connectivity index (χ0) is 15.7. The highest BCUT2D eigenvalue weighted by Crippen LogP contribution is 2.37. The zero-order valence-corrected chi connectivity index (χ0v) is 13.1. The molecule has 0 spiro atoms. The summed E-state index contributed by atoms with van der Waals surface area (Å²) in [4.78, 5) is 26.4. The Kier molecular flexibility index (Phi) is 3.81. The van der Waals surface area contributed by atoms with E-state index < -0.39 is 5.54 Å². The molecule has 3 rings (SSSR count). The number of nitrogens with one attached hydrogen (secondary N) is 1. The first-order valence-electron chi connectivity index (χ1n) is 7.81. The lowest BCUT2D eigenvalue weighted by molar-refractivity contribution is -0.132. The van der Waals surface area contributed by atoms with Crippen LogP contribution in [0.4, 0.5) is 4.79 Å². The lowest BCUT2D eigenvalue weighted by atomic mass is 9.84. The highest BCUT2D eigenvalue weighted by atomic mass is 16.5. The fourth-order valence-electron chi connectivity index (χ4n) is 3.55. The maximum atomic E-state index is 12.8. The number of rotatable bonds is 4. The first-order valence-corrected chi connectivity index (χ1v) is 7.81. The molecule has 1 atom stereocenters. The smallest absolute Gasteiger partial charge is 0.325 e. The molecule has 1 saturated carbocycles. The summed E-state index contributed by atoms with van der Waals surface area (Å²) in [7, 11) is 1.61. The van der Waals surface area contributed by atoms with Crippen molar-refractivity contribution in [1.82, 2.24) is 10.2 Å². The van der Waals surface area contributed by atoms with Crippen LogP contribution in [0.5, 0.6) is 5.75 Å². The van der Waals surface area contributed by atoms with E-state index in [0.717, 1.165) is 37.0 Å². The maximum Gasteiger partial charge on any atom is 0.325 e. The predicted octanol–water partition coefficient (Wildman–Crippen LogP) is 2.70. The molecule has 118 valence electrons. The van der Waals surface area contributed by atoms with Gasteiger partial charge in [-0.15, -0.1) is 0 Å². The van der Waals surface area contributed by atoms with Gasteiger partial charge >= 0.3 is 6.03 Å². The molecule has 1 saturated heterocycles. The van der Waals surface area contributed by atoms with Gasteiger partial charge in [0.25, 0.3) is 5.91 Å². The fraction of sp³-hybridized carbons (Fsp3) is 0.529. The third-order valence-electron chi connectivity index (χ3n) is 4.97. The SMILES string of the molecule is COc1ccc(CN2C(=O)NC(C)(C3CCCC3)C2=O)cc1. The molecule has 1 aromatic carbocycles. The second-order valence-electron chi connectivity index (χ2n) is 6.35. The number of carbonyl (C=O) groups excluding carboxylic acids is 2. The number of carbonyl (C=O) groups is 2. The molecule has 2 fully saturated rings. The summed E-state index contributed by atoms with van der Waals surface area (Å²) in [5.74, 6) is 0.918. The van der Waals surface area contributed by atoms with Gasteiger partial charge in [0.15, 0.2) is 0 Å². The Hall–Kier alpha value is -2.04. The van der Waals surface area contributed by atoms with Crippen LogP contribution in [0.2, 0.25) is 0 Å². The molecule has 5 nitrogen and oxygen atoms in total. The number of nitrogens with zero attached hydrogens (tertiary/aromatic N) is 1. The minimum absolute atomic E-state index is 0.0970. The summed E-state index contributed by atoms with van der Waals surface area (Å²) in [5.41, 5.74) is 0.181. The summed E-state index contributed by atoms with van der Waals surface area (Å²) in [6, 6.07) is 7.15. The Morgan fingerprint density at radius 3 is 2.45 bits per heavy atom. The molecule has 1 N–H and O–H groups in total. The minimum Gasteiger partial charge on any atom is -0.497 e. The van der Waals surface area contributed by atoms with Gasteiger partial charge in [-0.3, -0.25) is 9.69 Å². The van der Waals surface area contributed by atoms with Crippen molar-refractivity contribution in [2.75, 3.05) is 7.11 Å². The number of methoxy groups -OCH3 is 1. The van der Waals surface area contributed by atoms with Gasteiger partial charge in [-0.25, -0.2) is 4.79 Å². The van der Waals surface area contributed by atoms with E-state index in [1.54, 1.807) is 7.11 Å². The van der Waals surface area contributed by atoms with Gasteiger partial charge in [0, 0.05) is 0 Å². The summed E-state index contributed by atoms with van der Waals surface area (Å²) >= 11 is 0. The van der Waals surface area contributed by atoms with Crippen LogP contribution in [0.3, 0.4) is 0 Å². The highest BCUT2D eigenvalue weighted by Gasteiger charge is 2.52. The van der Waals surface area contributed by atoms with Crippen molar-refractivity contribution in [3.8, 4) is 5.75 Å². The van der Waals surface area contributed by atoms with Crippen molar-refractivity contribution >= 4 is 11.9 Å². The molecular formula is C17H22N2O3. The second kappa shape index (κ2) is 5.63. The second-order valence-corrected chi connectivity index (χ2v) is 6.35. The van der Waals surface area contributed by atoms with Gasteiger partial charge in [0.2, 0.25) is 0 Å². The zero-order valence-electron chi connectivity index (χ0n) is 13.1. The largest absolute Gasteiger partial charge is 0.497 e.